The van der Waals surface area contributed by atoms with Crippen molar-refractivity contribution in [1.29, 1.82) is 0 Å². The van der Waals surface area contributed by atoms with Crippen LogP contribution in [0.5, 0.6) is 0 Å². The van der Waals surface area contributed by atoms with Crippen molar-refractivity contribution in [3.05, 3.63) is 29.8 Å². The number of hydrogen-bond acceptors (Lipinski definition) is 5. The van der Waals surface area contributed by atoms with Crippen LogP contribution in [0.15, 0.2) is 24.1 Å². The molecule has 96 valence electrons. The summed E-state index contributed by atoms with van der Waals surface area (Å²) in [5, 5.41) is 5.00. The van der Waals surface area contributed by atoms with E-state index in [2.05, 4.69) is 15.3 Å². The molecule has 0 spiro atoms. The molecule has 0 fully saturated rings. The van der Waals surface area contributed by atoms with Gasteiger partial charge < -0.3 is 15.6 Å². The van der Waals surface area contributed by atoms with Gasteiger partial charge in [-0.2, -0.15) is 0 Å². The summed E-state index contributed by atoms with van der Waals surface area (Å²) in [7, 11) is 0. The number of carbonyl (C=O) groups excluding carboxylic acids is 1. The molecule has 0 aromatic carbocycles. The summed E-state index contributed by atoms with van der Waals surface area (Å²) in [5.74, 6) is -0.185. The first kappa shape index (κ1) is 12.6. The molecule has 0 aliphatic carbocycles. The van der Waals surface area contributed by atoms with Crippen LogP contribution in [0.4, 0.5) is 5.13 Å². The highest BCUT2D eigenvalue weighted by Gasteiger charge is 2.14. The number of aromatic nitrogens is 3. The SMILES string of the molecule is CCC(Cn1ccnc1)NC(=O)c1csc(N)n1. The predicted molar refractivity (Wildman–Crippen MR) is 70.3 cm³/mol. The molecule has 0 bridgehead atoms. The van der Waals surface area contributed by atoms with Crippen LogP contribution in [0.1, 0.15) is 23.8 Å². The monoisotopic (exact) mass is 265 g/mol. The van der Waals surface area contributed by atoms with E-state index >= 15 is 0 Å². The number of hydrogen-bond donors (Lipinski definition) is 2. The second-order valence-electron chi connectivity index (χ2n) is 3.91. The summed E-state index contributed by atoms with van der Waals surface area (Å²) >= 11 is 1.26. The van der Waals surface area contributed by atoms with Gasteiger partial charge in [-0.1, -0.05) is 6.92 Å². The van der Waals surface area contributed by atoms with Crippen molar-refractivity contribution in [2.75, 3.05) is 5.73 Å². The van der Waals surface area contributed by atoms with E-state index in [-0.39, 0.29) is 11.9 Å². The fraction of sp³-hybridized carbons (Fsp3) is 0.364. The minimum atomic E-state index is -0.185. The minimum absolute atomic E-state index is 0.0506. The van der Waals surface area contributed by atoms with Crippen molar-refractivity contribution in [3.63, 3.8) is 0 Å². The Bertz CT molecular complexity index is 507. The van der Waals surface area contributed by atoms with Crippen molar-refractivity contribution in [2.24, 2.45) is 0 Å². The van der Waals surface area contributed by atoms with Crippen molar-refractivity contribution in [1.82, 2.24) is 19.9 Å². The van der Waals surface area contributed by atoms with E-state index in [9.17, 15) is 4.79 Å². The lowest BCUT2D eigenvalue weighted by Crippen LogP contribution is -2.37. The van der Waals surface area contributed by atoms with Crippen LogP contribution in [0, 0.1) is 0 Å². The molecular formula is C11H15N5OS. The molecule has 2 aromatic rings. The first-order valence-corrected chi connectivity index (χ1v) is 6.54. The number of anilines is 1. The summed E-state index contributed by atoms with van der Waals surface area (Å²) in [5.41, 5.74) is 5.88. The fourth-order valence-electron chi connectivity index (χ4n) is 1.58. The Balaban J connectivity index is 1.96. The Morgan fingerprint density at radius 2 is 2.50 bits per heavy atom. The molecule has 2 heterocycles. The maximum absolute atomic E-state index is 11.9. The minimum Gasteiger partial charge on any atom is -0.375 e. The quantitative estimate of drug-likeness (QED) is 0.848. The average Bonchev–Trinajstić information content (AvgIpc) is 2.99. The van der Waals surface area contributed by atoms with Crippen molar-refractivity contribution in [2.45, 2.75) is 25.9 Å². The van der Waals surface area contributed by atoms with Crippen LogP contribution >= 0.6 is 11.3 Å². The van der Waals surface area contributed by atoms with Gasteiger partial charge >= 0.3 is 0 Å². The first-order valence-electron chi connectivity index (χ1n) is 5.66. The van der Waals surface area contributed by atoms with Crippen LogP contribution in [0.2, 0.25) is 0 Å². The number of nitrogen functional groups attached to an aromatic ring is 1. The topological polar surface area (TPSA) is 85.8 Å². The number of amides is 1. The molecule has 3 N–H and O–H groups in total. The highest BCUT2D eigenvalue weighted by molar-refractivity contribution is 7.13. The van der Waals surface area contributed by atoms with Crippen molar-refractivity contribution < 1.29 is 4.79 Å². The van der Waals surface area contributed by atoms with Gasteiger partial charge in [0.25, 0.3) is 5.91 Å². The van der Waals surface area contributed by atoms with E-state index in [4.69, 9.17) is 5.73 Å². The fourth-order valence-corrected chi connectivity index (χ4v) is 2.12. The lowest BCUT2D eigenvalue weighted by molar-refractivity contribution is 0.0927. The Kier molecular flexibility index (Phi) is 3.93. The number of carbonyl (C=O) groups is 1. The van der Waals surface area contributed by atoms with E-state index in [1.54, 1.807) is 17.9 Å². The summed E-state index contributed by atoms with van der Waals surface area (Å²) < 4.78 is 1.93. The lowest BCUT2D eigenvalue weighted by atomic mass is 10.2. The largest absolute Gasteiger partial charge is 0.375 e. The molecule has 1 atom stereocenters. The van der Waals surface area contributed by atoms with Crippen LogP contribution in [0.3, 0.4) is 0 Å². The molecule has 0 saturated carbocycles. The maximum Gasteiger partial charge on any atom is 0.271 e. The molecule has 2 rings (SSSR count). The smallest absolute Gasteiger partial charge is 0.271 e. The number of nitrogens with two attached hydrogens (primary N) is 1. The zero-order valence-electron chi connectivity index (χ0n) is 10.0. The van der Waals surface area contributed by atoms with E-state index in [1.807, 2.05) is 17.7 Å². The highest BCUT2D eigenvalue weighted by atomic mass is 32.1. The van der Waals surface area contributed by atoms with Crippen molar-refractivity contribution >= 4 is 22.4 Å². The number of nitrogens with one attached hydrogen (secondary N) is 1. The molecule has 1 amide bonds. The zero-order valence-corrected chi connectivity index (χ0v) is 10.9. The number of imidazole rings is 1. The first-order chi connectivity index (χ1) is 8.69. The van der Waals surface area contributed by atoms with Crippen LogP contribution < -0.4 is 11.1 Å². The van der Waals surface area contributed by atoms with Crippen molar-refractivity contribution in [3.8, 4) is 0 Å². The molecule has 0 radical (unpaired) electrons. The molecule has 6 nitrogen and oxygen atoms in total. The Hall–Kier alpha value is -1.89. The van der Waals surface area contributed by atoms with E-state index < -0.39 is 0 Å². The molecule has 0 aliphatic rings. The second-order valence-corrected chi connectivity index (χ2v) is 4.80. The van der Waals surface area contributed by atoms with E-state index in [0.717, 1.165) is 6.42 Å². The third-order valence-corrected chi connectivity index (χ3v) is 3.25. The normalized spacial score (nSPS) is 12.3. The summed E-state index contributed by atoms with van der Waals surface area (Å²) in [6.07, 6.45) is 6.16. The molecular weight excluding hydrogens is 250 g/mol. The van der Waals surface area contributed by atoms with Gasteiger partial charge in [-0.05, 0) is 6.42 Å². The van der Waals surface area contributed by atoms with E-state index in [0.29, 0.717) is 17.4 Å². The van der Waals surface area contributed by atoms with Crippen LogP contribution in [-0.2, 0) is 6.54 Å². The van der Waals surface area contributed by atoms with Gasteiger partial charge in [0, 0.05) is 30.4 Å². The molecule has 18 heavy (non-hydrogen) atoms. The van der Waals surface area contributed by atoms with Gasteiger partial charge in [-0.25, -0.2) is 9.97 Å². The van der Waals surface area contributed by atoms with Crippen LogP contribution in [0.25, 0.3) is 0 Å². The Morgan fingerprint density at radius 1 is 1.67 bits per heavy atom. The van der Waals surface area contributed by atoms with Crippen LogP contribution in [-0.4, -0.2) is 26.5 Å². The Morgan fingerprint density at radius 3 is 3.06 bits per heavy atom. The molecule has 0 aliphatic heterocycles. The average molecular weight is 265 g/mol. The summed E-state index contributed by atoms with van der Waals surface area (Å²) in [4.78, 5) is 19.8. The standard InChI is InChI=1S/C11H15N5OS/c1-2-8(5-16-4-3-13-7-16)14-10(17)9-6-18-11(12)15-9/h3-4,6-8H,2,5H2,1H3,(H2,12,15)(H,14,17). The number of rotatable bonds is 5. The number of thiazole rings is 1. The maximum atomic E-state index is 11.9. The second kappa shape index (κ2) is 5.63. The Labute approximate surface area is 109 Å². The van der Waals surface area contributed by atoms with Gasteiger partial charge in [-0.3, -0.25) is 4.79 Å². The molecule has 1 unspecified atom stereocenters. The van der Waals surface area contributed by atoms with Gasteiger partial charge in [0.15, 0.2) is 5.13 Å². The third-order valence-electron chi connectivity index (χ3n) is 2.57. The lowest BCUT2D eigenvalue weighted by Gasteiger charge is -2.16. The summed E-state index contributed by atoms with van der Waals surface area (Å²) in [6.45, 7) is 2.72. The third kappa shape index (κ3) is 3.07. The molecule has 0 saturated heterocycles. The van der Waals surface area contributed by atoms with Gasteiger partial charge in [-0.15, -0.1) is 11.3 Å². The zero-order chi connectivity index (χ0) is 13.0. The molecule has 7 heteroatoms. The predicted octanol–water partition coefficient (Wildman–Crippen LogP) is 1.13. The van der Waals surface area contributed by atoms with Gasteiger partial charge in [0.2, 0.25) is 0 Å². The molecule has 2 aromatic heterocycles. The highest BCUT2D eigenvalue weighted by Crippen LogP contribution is 2.11. The van der Waals surface area contributed by atoms with E-state index in [1.165, 1.54) is 11.3 Å². The summed E-state index contributed by atoms with van der Waals surface area (Å²) in [6, 6.07) is 0.0506. The van der Waals surface area contributed by atoms with Gasteiger partial charge in [0.1, 0.15) is 5.69 Å². The number of nitrogens with zero attached hydrogens (tertiary/aromatic N) is 3. The van der Waals surface area contributed by atoms with Gasteiger partial charge in [0.05, 0.1) is 6.33 Å².